The van der Waals surface area contributed by atoms with Crippen molar-refractivity contribution >= 4 is 28.6 Å². The fraction of sp³-hybridized carbons (Fsp3) is 0.440. The third-order valence-electron chi connectivity index (χ3n) is 6.72. The SMILES string of the molecule is Cc1[nH]c2c(c1C(=O)NCC(O)CN1CCOCC1)CCCC2=C1C(=O)Nc2ccccc21. The second kappa shape index (κ2) is 9.13. The number of anilines is 1. The van der Waals surface area contributed by atoms with Gasteiger partial charge in [0.05, 0.1) is 30.5 Å². The Morgan fingerprint density at radius 2 is 2.03 bits per heavy atom. The number of hydrogen-bond acceptors (Lipinski definition) is 5. The summed E-state index contributed by atoms with van der Waals surface area (Å²) in [5.41, 5.74) is 6.66. The van der Waals surface area contributed by atoms with Gasteiger partial charge >= 0.3 is 0 Å². The predicted octanol–water partition coefficient (Wildman–Crippen LogP) is 1.95. The van der Waals surface area contributed by atoms with E-state index in [1.165, 1.54) is 0 Å². The van der Waals surface area contributed by atoms with Gasteiger partial charge in [0.2, 0.25) is 0 Å². The summed E-state index contributed by atoms with van der Waals surface area (Å²) in [6.07, 6.45) is 1.79. The van der Waals surface area contributed by atoms with Gasteiger partial charge in [0.15, 0.2) is 0 Å². The van der Waals surface area contributed by atoms with E-state index < -0.39 is 6.10 Å². The number of carbonyl (C=O) groups is 2. The number of ether oxygens (including phenoxy) is 1. The Bertz CT molecular complexity index is 1110. The lowest BCUT2D eigenvalue weighted by atomic mass is 9.86. The number of carbonyl (C=O) groups excluding carboxylic acids is 2. The lowest BCUT2D eigenvalue weighted by Gasteiger charge is -2.28. The van der Waals surface area contributed by atoms with Gasteiger partial charge in [-0.2, -0.15) is 0 Å². The highest BCUT2D eigenvalue weighted by molar-refractivity contribution is 6.36. The molecule has 2 amide bonds. The average molecular weight is 451 g/mol. The number of morpholine rings is 1. The summed E-state index contributed by atoms with van der Waals surface area (Å²) in [7, 11) is 0. The summed E-state index contributed by atoms with van der Waals surface area (Å²) in [6.45, 7) is 5.54. The fourth-order valence-corrected chi connectivity index (χ4v) is 5.17. The van der Waals surface area contributed by atoms with Crippen LogP contribution in [0.1, 0.15) is 45.7 Å². The van der Waals surface area contributed by atoms with Crippen molar-refractivity contribution in [3.63, 3.8) is 0 Å². The topological polar surface area (TPSA) is 107 Å². The first-order valence-corrected chi connectivity index (χ1v) is 11.6. The Morgan fingerprint density at radius 3 is 2.85 bits per heavy atom. The molecule has 174 valence electrons. The number of aromatic amines is 1. The maximum absolute atomic E-state index is 13.1. The van der Waals surface area contributed by atoms with Crippen LogP contribution in [0.15, 0.2) is 24.3 Å². The molecule has 8 heteroatoms. The molecular formula is C25H30N4O4. The first-order valence-electron chi connectivity index (χ1n) is 11.6. The number of benzene rings is 1. The molecule has 4 N–H and O–H groups in total. The predicted molar refractivity (Wildman–Crippen MR) is 126 cm³/mol. The molecule has 3 aliphatic rings. The van der Waals surface area contributed by atoms with Crippen molar-refractivity contribution in [3.05, 3.63) is 52.3 Å². The lowest BCUT2D eigenvalue weighted by Crippen LogP contribution is -2.44. The van der Waals surface area contributed by atoms with Crippen molar-refractivity contribution < 1.29 is 19.4 Å². The zero-order valence-electron chi connectivity index (χ0n) is 18.9. The zero-order chi connectivity index (χ0) is 22.9. The molecule has 5 rings (SSSR count). The molecule has 0 radical (unpaired) electrons. The molecule has 0 spiro atoms. The van der Waals surface area contributed by atoms with Gasteiger partial charge in [-0.15, -0.1) is 0 Å². The van der Waals surface area contributed by atoms with Crippen LogP contribution >= 0.6 is 0 Å². The van der Waals surface area contributed by atoms with Crippen LogP contribution in [0, 0.1) is 6.92 Å². The summed E-state index contributed by atoms with van der Waals surface area (Å²) in [4.78, 5) is 31.5. The van der Waals surface area contributed by atoms with Crippen LogP contribution in [0.25, 0.3) is 11.1 Å². The molecule has 1 fully saturated rings. The Labute approximate surface area is 193 Å². The second-order valence-electron chi connectivity index (χ2n) is 8.96. The Balaban J connectivity index is 1.37. The van der Waals surface area contributed by atoms with E-state index in [9.17, 15) is 14.7 Å². The van der Waals surface area contributed by atoms with Crippen molar-refractivity contribution in [2.24, 2.45) is 0 Å². The van der Waals surface area contributed by atoms with E-state index in [0.29, 0.717) is 30.9 Å². The number of para-hydroxylation sites is 1. The monoisotopic (exact) mass is 450 g/mol. The normalized spacial score (nSPS) is 21.3. The van der Waals surface area contributed by atoms with Gasteiger partial charge in [0.25, 0.3) is 11.8 Å². The summed E-state index contributed by atoms with van der Waals surface area (Å²) in [5, 5.41) is 16.3. The Hall–Kier alpha value is -2.94. The number of nitrogens with one attached hydrogen (secondary N) is 3. The van der Waals surface area contributed by atoms with Gasteiger partial charge < -0.3 is 25.5 Å². The highest BCUT2D eigenvalue weighted by Crippen LogP contribution is 2.42. The van der Waals surface area contributed by atoms with E-state index in [4.69, 9.17) is 4.74 Å². The van der Waals surface area contributed by atoms with E-state index in [2.05, 4.69) is 20.5 Å². The minimum Gasteiger partial charge on any atom is -0.390 e. The van der Waals surface area contributed by atoms with Crippen LogP contribution in [0.3, 0.4) is 0 Å². The summed E-state index contributed by atoms with van der Waals surface area (Å²) in [5.74, 6) is -0.280. The average Bonchev–Trinajstić information content (AvgIpc) is 3.33. The quantitative estimate of drug-likeness (QED) is 0.521. The lowest BCUT2D eigenvalue weighted by molar-refractivity contribution is -0.110. The molecule has 0 bridgehead atoms. The zero-order valence-corrected chi connectivity index (χ0v) is 18.9. The number of aromatic nitrogens is 1. The number of aliphatic hydroxyl groups excluding tert-OH is 1. The highest BCUT2D eigenvalue weighted by Gasteiger charge is 2.32. The van der Waals surface area contributed by atoms with E-state index in [0.717, 1.165) is 66.1 Å². The van der Waals surface area contributed by atoms with E-state index in [-0.39, 0.29) is 18.4 Å². The van der Waals surface area contributed by atoms with Gasteiger partial charge in [-0.05, 0) is 43.4 Å². The van der Waals surface area contributed by atoms with E-state index in [1.54, 1.807) is 0 Å². The number of nitrogens with zero attached hydrogens (tertiary/aromatic N) is 1. The molecule has 1 saturated heterocycles. The van der Waals surface area contributed by atoms with Gasteiger partial charge in [-0.3, -0.25) is 14.5 Å². The molecular weight excluding hydrogens is 420 g/mol. The number of aryl methyl sites for hydroxylation is 1. The molecule has 1 unspecified atom stereocenters. The van der Waals surface area contributed by atoms with Crippen LogP contribution in [-0.2, 0) is 16.0 Å². The van der Waals surface area contributed by atoms with Crippen molar-refractivity contribution in [1.82, 2.24) is 15.2 Å². The van der Waals surface area contributed by atoms with E-state index >= 15 is 0 Å². The number of H-pyrrole nitrogens is 1. The Kier molecular flexibility index (Phi) is 6.05. The fourth-order valence-electron chi connectivity index (χ4n) is 5.17. The first-order chi connectivity index (χ1) is 16.0. The van der Waals surface area contributed by atoms with Crippen LogP contribution in [0.2, 0.25) is 0 Å². The number of aliphatic hydroxyl groups is 1. The Morgan fingerprint density at radius 1 is 1.24 bits per heavy atom. The van der Waals surface area contributed by atoms with E-state index in [1.807, 2.05) is 31.2 Å². The van der Waals surface area contributed by atoms with Gasteiger partial charge in [0, 0.05) is 48.8 Å². The van der Waals surface area contributed by atoms with Gasteiger partial charge in [0.1, 0.15) is 0 Å². The van der Waals surface area contributed by atoms with Crippen LogP contribution in [0.5, 0.6) is 0 Å². The smallest absolute Gasteiger partial charge is 0.256 e. The minimum atomic E-state index is -0.640. The summed E-state index contributed by atoms with van der Waals surface area (Å²) >= 11 is 0. The number of β-amino-alcohol motifs (C(OH)–C–C–N with tert-alkyl or cyclic N) is 1. The van der Waals surface area contributed by atoms with Crippen LogP contribution in [0.4, 0.5) is 5.69 Å². The molecule has 1 aliphatic carbocycles. The van der Waals surface area contributed by atoms with Gasteiger partial charge in [-0.1, -0.05) is 18.2 Å². The van der Waals surface area contributed by atoms with Gasteiger partial charge in [-0.25, -0.2) is 0 Å². The standard InChI is InChI=1S/C25H30N4O4/c1-15-21(24(31)26-13-16(30)14-29-9-11-33-12-10-29)18-6-4-7-19(23(18)27-15)22-17-5-2-3-8-20(17)28-25(22)32/h2-3,5,8,16,27,30H,4,6-7,9-14H2,1H3,(H,26,31)(H,28,32). The number of fused-ring (bicyclic) bond motifs is 2. The molecule has 0 saturated carbocycles. The van der Waals surface area contributed by atoms with Crippen molar-refractivity contribution in [3.8, 4) is 0 Å². The van der Waals surface area contributed by atoms with Crippen molar-refractivity contribution in [2.75, 3.05) is 44.7 Å². The molecule has 33 heavy (non-hydrogen) atoms. The number of amides is 2. The maximum Gasteiger partial charge on any atom is 0.256 e. The molecule has 1 aromatic carbocycles. The summed E-state index contributed by atoms with van der Waals surface area (Å²) < 4.78 is 5.34. The molecule has 8 nitrogen and oxygen atoms in total. The third-order valence-corrected chi connectivity index (χ3v) is 6.72. The maximum atomic E-state index is 13.1. The number of hydrogen-bond donors (Lipinski definition) is 4. The van der Waals surface area contributed by atoms with Crippen molar-refractivity contribution in [2.45, 2.75) is 32.3 Å². The molecule has 3 heterocycles. The second-order valence-corrected chi connectivity index (χ2v) is 8.96. The van der Waals surface area contributed by atoms with Crippen LogP contribution in [-0.4, -0.2) is 72.3 Å². The third kappa shape index (κ3) is 4.21. The number of allylic oxidation sites excluding steroid dienone is 1. The minimum absolute atomic E-state index is 0.0939. The van der Waals surface area contributed by atoms with Crippen LogP contribution < -0.4 is 10.6 Å². The molecule has 2 aliphatic heterocycles. The largest absolute Gasteiger partial charge is 0.390 e. The van der Waals surface area contributed by atoms with Crippen molar-refractivity contribution in [1.29, 1.82) is 0 Å². The molecule has 1 aromatic heterocycles. The highest BCUT2D eigenvalue weighted by atomic mass is 16.5. The molecule has 1 atom stereocenters. The first kappa shape index (κ1) is 21.9. The summed E-state index contributed by atoms with van der Waals surface area (Å²) in [6, 6.07) is 7.72. The molecule has 2 aromatic rings. The number of rotatable bonds is 5.